The van der Waals surface area contributed by atoms with Gasteiger partial charge in [-0.2, -0.15) is 0 Å². The maximum atomic E-state index is 11.4. The second kappa shape index (κ2) is 4.82. The zero-order valence-corrected chi connectivity index (χ0v) is 11.3. The number of nitrogens with zero attached hydrogens (tertiary/aromatic N) is 2. The fraction of sp³-hybridized carbons (Fsp3) is 0.0833. The number of aromatic amines is 1. The number of benzene rings is 1. The Morgan fingerprint density at radius 1 is 1.45 bits per heavy atom. The molecule has 0 atom stereocenters. The lowest BCUT2D eigenvalue weighted by Crippen LogP contribution is -2.14. The molecule has 0 bridgehead atoms. The lowest BCUT2D eigenvalue weighted by Gasteiger charge is -2.02. The molecule has 0 radical (unpaired) electrons. The van der Waals surface area contributed by atoms with Crippen molar-refractivity contribution in [3.05, 3.63) is 34.9 Å². The van der Waals surface area contributed by atoms with E-state index in [1.807, 2.05) is 18.2 Å². The van der Waals surface area contributed by atoms with Gasteiger partial charge >= 0.3 is 0 Å². The smallest absolute Gasteiger partial charge is 0.276 e. The third-order valence-electron chi connectivity index (χ3n) is 2.71. The average molecular weight is 289 g/mol. The van der Waals surface area contributed by atoms with Crippen molar-refractivity contribution in [2.24, 2.45) is 0 Å². The van der Waals surface area contributed by atoms with Gasteiger partial charge in [-0.05, 0) is 18.2 Å². The molecule has 0 saturated carbocycles. The van der Waals surface area contributed by atoms with Crippen molar-refractivity contribution in [2.45, 2.75) is 0 Å². The van der Waals surface area contributed by atoms with Crippen LogP contribution in [0.5, 0.6) is 5.75 Å². The van der Waals surface area contributed by atoms with Gasteiger partial charge in [0.15, 0.2) is 10.9 Å². The van der Waals surface area contributed by atoms with Crippen LogP contribution in [0.15, 0.2) is 29.3 Å². The molecule has 0 spiro atoms. The molecule has 7 nitrogen and oxygen atoms in total. The molecule has 0 aliphatic carbocycles. The van der Waals surface area contributed by atoms with Gasteiger partial charge in [-0.1, -0.05) is 11.3 Å². The van der Waals surface area contributed by atoms with Crippen LogP contribution in [0, 0.1) is 0 Å². The van der Waals surface area contributed by atoms with Crippen LogP contribution in [-0.4, -0.2) is 22.1 Å². The van der Waals surface area contributed by atoms with E-state index in [1.54, 1.807) is 7.11 Å². The summed E-state index contributed by atoms with van der Waals surface area (Å²) in [6, 6.07) is 5.60. The first-order valence-corrected chi connectivity index (χ1v) is 6.54. The molecule has 0 aliphatic rings. The predicted molar refractivity (Wildman–Crippen MR) is 78.7 cm³/mol. The quantitative estimate of drug-likeness (QED) is 0.678. The first-order chi connectivity index (χ1) is 9.67. The monoisotopic (exact) mass is 289 g/mol. The van der Waals surface area contributed by atoms with Crippen LogP contribution in [0.3, 0.4) is 0 Å². The van der Waals surface area contributed by atoms with Crippen LogP contribution in [0.1, 0.15) is 0 Å². The maximum Gasteiger partial charge on any atom is 0.276 e. The summed E-state index contributed by atoms with van der Waals surface area (Å²) in [6.45, 7) is 0. The average Bonchev–Trinajstić information content (AvgIpc) is 2.85. The van der Waals surface area contributed by atoms with Crippen LogP contribution >= 0.6 is 11.3 Å². The summed E-state index contributed by atoms with van der Waals surface area (Å²) >= 11 is 1.43. The summed E-state index contributed by atoms with van der Waals surface area (Å²) in [4.78, 5) is 22.2. The fourth-order valence-corrected chi connectivity index (χ4v) is 2.59. The first kappa shape index (κ1) is 12.4. The molecule has 20 heavy (non-hydrogen) atoms. The summed E-state index contributed by atoms with van der Waals surface area (Å²) in [7, 11) is 1.61. The molecule has 0 saturated heterocycles. The second-order valence-corrected chi connectivity index (χ2v) is 5.00. The summed E-state index contributed by atoms with van der Waals surface area (Å²) in [5, 5.41) is 3.56. The molecule has 0 aliphatic heterocycles. The van der Waals surface area contributed by atoms with Crippen molar-refractivity contribution in [3.63, 3.8) is 0 Å². The van der Waals surface area contributed by atoms with E-state index in [2.05, 4.69) is 20.3 Å². The lowest BCUT2D eigenvalue weighted by atomic mass is 10.3. The van der Waals surface area contributed by atoms with E-state index < -0.39 is 0 Å². The number of nitrogens with one attached hydrogen (secondary N) is 2. The van der Waals surface area contributed by atoms with Gasteiger partial charge in [0.1, 0.15) is 11.4 Å². The Morgan fingerprint density at radius 3 is 3.10 bits per heavy atom. The Kier molecular flexibility index (Phi) is 2.99. The van der Waals surface area contributed by atoms with Crippen LogP contribution in [0.2, 0.25) is 0 Å². The zero-order chi connectivity index (χ0) is 14.1. The Labute approximate surface area is 117 Å². The zero-order valence-electron chi connectivity index (χ0n) is 10.5. The lowest BCUT2D eigenvalue weighted by molar-refractivity contribution is 0.415. The van der Waals surface area contributed by atoms with Crippen molar-refractivity contribution < 1.29 is 4.74 Å². The number of thiazole rings is 1. The molecule has 4 N–H and O–H groups in total. The highest BCUT2D eigenvalue weighted by molar-refractivity contribution is 7.22. The van der Waals surface area contributed by atoms with Crippen LogP contribution in [0.25, 0.3) is 10.2 Å². The topological polar surface area (TPSA) is 106 Å². The van der Waals surface area contributed by atoms with Crippen molar-refractivity contribution in [1.29, 1.82) is 0 Å². The van der Waals surface area contributed by atoms with Crippen LogP contribution < -0.4 is 21.3 Å². The molecule has 0 amide bonds. The number of hydrogen-bond acceptors (Lipinski definition) is 7. The summed E-state index contributed by atoms with van der Waals surface area (Å²) < 4.78 is 6.13. The minimum atomic E-state index is -0.384. The summed E-state index contributed by atoms with van der Waals surface area (Å²) in [6.07, 6.45) is 1.29. The highest BCUT2D eigenvalue weighted by atomic mass is 32.1. The molecular weight excluding hydrogens is 278 g/mol. The van der Waals surface area contributed by atoms with E-state index in [0.29, 0.717) is 10.9 Å². The Bertz CT molecular complexity index is 826. The number of nitrogen functional groups attached to an aromatic ring is 1. The molecule has 1 aromatic carbocycles. The van der Waals surface area contributed by atoms with Gasteiger partial charge in [-0.15, -0.1) is 0 Å². The van der Waals surface area contributed by atoms with E-state index in [0.717, 1.165) is 16.0 Å². The van der Waals surface area contributed by atoms with Crippen molar-refractivity contribution in [3.8, 4) is 5.75 Å². The number of aromatic nitrogens is 3. The van der Waals surface area contributed by atoms with E-state index in [4.69, 9.17) is 10.5 Å². The van der Waals surface area contributed by atoms with Crippen LogP contribution in [-0.2, 0) is 0 Å². The molecular formula is C12H11N5O2S. The number of ether oxygens (including phenoxy) is 1. The molecule has 3 aromatic rings. The van der Waals surface area contributed by atoms with Gasteiger partial charge in [0.25, 0.3) is 5.56 Å². The van der Waals surface area contributed by atoms with Gasteiger partial charge in [0, 0.05) is 0 Å². The van der Waals surface area contributed by atoms with Gasteiger partial charge < -0.3 is 20.8 Å². The van der Waals surface area contributed by atoms with Gasteiger partial charge in [-0.25, -0.2) is 9.97 Å². The first-order valence-electron chi connectivity index (χ1n) is 5.72. The minimum Gasteiger partial charge on any atom is -0.497 e. The van der Waals surface area contributed by atoms with Crippen molar-refractivity contribution in [2.75, 3.05) is 18.2 Å². The normalized spacial score (nSPS) is 10.7. The van der Waals surface area contributed by atoms with E-state index in [9.17, 15) is 4.79 Å². The summed E-state index contributed by atoms with van der Waals surface area (Å²) in [5.74, 6) is 1.06. The standard InChI is InChI=1S/C12H11N5O2S/c1-19-6-2-3-7-8(4-6)20-12(16-7)17-10-9(13)11(18)15-5-14-10/h2-5H,13H2,1H3,(H2,14,15,16,17,18). The maximum absolute atomic E-state index is 11.4. The number of hydrogen-bond donors (Lipinski definition) is 3. The SMILES string of the molecule is COc1ccc2nc(Nc3nc[nH]c(=O)c3N)sc2c1. The minimum absolute atomic E-state index is 0.0318. The third-order valence-corrected chi connectivity index (χ3v) is 3.64. The van der Waals surface area contributed by atoms with Crippen molar-refractivity contribution >= 4 is 38.2 Å². The van der Waals surface area contributed by atoms with E-state index in [1.165, 1.54) is 17.7 Å². The highest BCUT2D eigenvalue weighted by Gasteiger charge is 2.09. The molecule has 8 heteroatoms. The van der Waals surface area contributed by atoms with Gasteiger partial charge in [0.2, 0.25) is 0 Å². The number of H-pyrrole nitrogens is 1. The molecule has 102 valence electrons. The Balaban J connectivity index is 1.98. The molecule has 3 rings (SSSR count). The van der Waals surface area contributed by atoms with Gasteiger partial charge in [-0.3, -0.25) is 4.79 Å². The fourth-order valence-electron chi connectivity index (χ4n) is 1.70. The van der Waals surface area contributed by atoms with E-state index in [-0.39, 0.29) is 11.2 Å². The highest BCUT2D eigenvalue weighted by Crippen LogP contribution is 2.30. The van der Waals surface area contributed by atoms with Gasteiger partial charge in [0.05, 0.1) is 23.7 Å². The Hall–Kier alpha value is -2.61. The largest absolute Gasteiger partial charge is 0.497 e. The molecule has 2 heterocycles. The Morgan fingerprint density at radius 2 is 2.30 bits per heavy atom. The second-order valence-electron chi connectivity index (χ2n) is 3.97. The number of methoxy groups -OCH3 is 1. The molecule has 0 unspecified atom stereocenters. The predicted octanol–water partition coefficient (Wildman–Crippen LogP) is 1.71. The number of nitrogens with two attached hydrogens (primary N) is 1. The number of anilines is 3. The third kappa shape index (κ3) is 2.16. The number of rotatable bonds is 3. The molecule has 2 aromatic heterocycles. The van der Waals surface area contributed by atoms with Crippen molar-refractivity contribution in [1.82, 2.24) is 15.0 Å². The molecule has 0 fully saturated rings. The number of fused-ring (bicyclic) bond motifs is 1. The summed E-state index contributed by atoms with van der Waals surface area (Å²) in [5.41, 5.74) is 6.14. The van der Waals surface area contributed by atoms with Crippen LogP contribution in [0.4, 0.5) is 16.6 Å². The van der Waals surface area contributed by atoms with E-state index >= 15 is 0 Å².